The van der Waals surface area contributed by atoms with Crippen LogP contribution in [-0.2, 0) is 5.41 Å². The van der Waals surface area contributed by atoms with Crippen LogP contribution >= 0.6 is 15.9 Å². The van der Waals surface area contributed by atoms with E-state index in [-0.39, 0.29) is 5.41 Å². The van der Waals surface area contributed by atoms with E-state index < -0.39 is 0 Å². The van der Waals surface area contributed by atoms with Crippen LogP contribution in [0, 0.1) is 5.92 Å². The van der Waals surface area contributed by atoms with Crippen molar-refractivity contribution in [2.45, 2.75) is 25.7 Å². The van der Waals surface area contributed by atoms with Gasteiger partial charge in [-0.05, 0) is 49.7 Å². The average molecular weight is 311 g/mol. The van der Waals surface area contributed by atoms with Gasteiger partial charge >= 0.3 is 0 Å². The number of benzene rings is 1. The van der Waals surface area contributed by atoms with Crippen molar-refractivity contribution in [2.75, 3.05) is 26.2 Å². The van der Waals surface area contributed by atoms with Crippen LogP contribution in [0.1, 0.15) is 25.8 Å². The highest BCUT2D eigenvalue weighted by atomic mass is 79.9. The zero-order chi connectivity index (χ0) is 13.0. The van der Waals surface area contributed by atoms with E-state index in [1.807, 2.05) is 0 Å². The molecular weight excluding hydrogens is 288 g/mol. The van der Waals surface area contributed by atoms with Crippen molar-refractivity contribution in [2.24, 2.45) is 5.92 Å². The number of nitrogens with one attached hydrogen (secondary N) is 2. The monoisotopic (exact) mass is 310 g/mol. The van der Waals surface area contributed by atoms with Gasteiger partial charge in [-0.2, -0.15) is 0 Å². The van der Waals surface area contributed by atoms with Crippen LogP contribution in [0.15, 0.2) is 28.7 Å². The van der Waals surface area contributed by atoms with Gasteiger partial charge in [0.05, 0.1) is 0 Å². The van der Waals surface area contributed by atoms with Crippen LogP contribution < -0.4 is 10.6 Å². The van der Waals surface area contributed by atoms with Crippen molar-refractivity contribution < 1.29 is 0 Å². The van der Waals surface area contributed by atoms with Crippen LogP contribution in [0.4, 0.5) is 0 Å². The third-order valence-corrected chi connectivity index (χ3v) is 4.32. The number of hydrogen-bond donors (Lipinski definition) is 2. The van der Waals surface area contributed by atoms with E-state index in [9.17, 15) is 0 Å². The summed E-state index contributed by atoms with van der Waals surface area (Å²) >= 11 is 3.49. The minimum absolute atomic E-state index is 0.187. The zero-order valence-corrected chi connectivity index (χ0v) is 12.9. The highest BCUT2D eigenvalue weighted by Gasteiger charge is 2.21. The first-order valence-electron chi connectivity index (χ1n) is 6.75. The van der Waals surface area contributed by atoms with Gasteiger partial charge in [0.15, 0.2) is 0 Å². The lowest BCUT2D eigenvalue weighted by Gasteiger charge is -2.26. The molecule has 1 fully saturated rings. The SMILES string of the molecule is CC(C)(CNCC1CCNC1)c1ccc(Br)cc1. The smallest absolute Gasteiger partial charge is 0.0175 e. The lowest BCUT2D eigenvalue weighted by Crippen LogP contribution is -2.36. The van der Waals surface area contributed by atoms with Crippen molar-refractivity contribution in [3.05, 3.63) is 34.3 Å². The number of halogens is 1. The van der Waals surface area contributed by atoms with Gasteiger partial charge in [0.25, 0.3) is 0 Å². The molecule has 1 unspecified atom stereocenters. The lowest BCUT2D eigenvalue weighted by atomic mass is 9.84. The maximum Gasteiger partial charge on any atom is 0.0175 e. The molecule has 1 aliphatic heterocycles. The Labute approximate surface area is 119 Å². The van der Waals surface area contributed by atoms with E-state index in [2.05, 4.69) is 64.7 Å². The molecule has 0 saturated carbocycles. The Bertz CT molecular complexity index is 367. The molecule has 18 heavy (non-hydrogen) atoms. The van der Waals surface area contributed by atoms with Crippen LogP contribution in [0.2, 0.25) is 0 Å². The van der Waals surface area contributed by atoms with Crippen LogP contribution in [0.3, 0.4) is 0 Å². The van der Waals surface area contributed by atoms with E-state index in [0.29, 0.717) is 0 Å². The lowest BCUT2D eigenvalue weighted by molar-refractivity contribution is 0.431. The Hall–Kier alpha value is -0.380. The number of rotatable bonds is 5. The molecule has 100 valence electrons. The fourth-order valence-electron chi connectivity index (χ4n) is 2.48. The van der Waals surface area contributed by atoms with Crippen molar-refractivity contribution in [1.29, 1.82) is 0 Å². The van der Waals surface area contributed by atoms with Gasteiger partial charge in [0, 0.05) is 16.4 Å². The molecule has 1 aliphatic rings. The molecule has 1 aromatic rings. The Morgan fingerprint density at radius 2 is 2.06 bits per heavy atom. The predicted molar refractivity (Wildman–Crippen MR) is 81.0 cm³/mol. The van der Waals surface area contributed by atoms with Gasteiger partial charge < -0.3 is 10.6 Å². The van der Waals surface area contributed by atoms with Crippen molar-refractivity contribution in [3.63, 3.8) is 0 Å². The second kappa shape index (κ2) is 6.18. The third-order valence-electron chi connectivity index (χ3n) is 3.79. The molecule has 0 radical (unpaired) electrons. The molecule has 1 saturated heterocycles. The molecular formula is C15H23BrN2. The standard InChI is InChI=1S/C15H23BrN2/c1-15(2,13-3-5-14(16)6-4-13)11-18-10-12-7-8-17-9-12/h3-6,12,17-18H,7-11H2,1-2H3. The van der Waals surface area contributed by atoms with Gasteiger partial charge in [0.2, 0.25) is 0 Å². The van der Waals surface area contributed by atoms with Gasteiger partial charge in [-0.25, -0.2) is 0 Å². The maximum absolute atomic E-state index is 3.63. The summed E-state index contributed by atoms with van der Waals surface area (Å²) in [7, 11) is 0. The van der Waals surface area contributed by atoms with Crippen molar-refractivity contribution in [1.82, 2.24) is 10.6 Å². The molecule has 2 N–H and O–H groups in total. The minimum atomic E-state index is 0.187. The third kappa shape index (κ3) is 3.81. The first-order chi connectivity index (χ1) is 8.58. The van der Waals surface area contributed by atoms with Crippen LogP contribution in [-0.4, -0.2) is 26.2 Å². The molecule has 2 rings (SSSR count). The minimum Gasteiger partial charge on any atom is -0.316 e. The van der Waals surface area contributed by atoms with Gasteiger partial charge in [-0.3, -0.25) is 0 Å². The van der Waals surface area contributed by atoms with Gasteiger partial charge in [-0.15, -0.1) is 0 Å². The fourth-order valence-corrected chi connectivity index (χ4v) is 2.74. The average Bonchev–Trinajstić information content (AvgIpc) is 2.82. The molecule has 3 heteroatoms. The van der Waals surface area contributed by atoms with E-state index in [0.717, 1.165) is 23.5 Å². The van der Waals surface area contributed by atoms with Crippen molar-refractivity contribution >= 4 is 15.9 Å². The highest BCUT2D eigenvalue weighted by Crippen LogP contribution is 2.24. The quantitative estimate of drug-likeness (QED) is 0.874. The molecule has 0 spiro atoms. The molecule has 0 aliphatic carbocycles. The summed E-state index contributed by atoms with van der Waals surface area (Å²) in [6.07, 6.45) is 1.31. The molecule has 0 amide bonds. The zero-order valence-electron chi connectivity index (χ0n) is 11.3. The molecule has 0 aromatic heterocycles. The normalized spacial score (nSPS) is 20.3. The Morgan fingerprint density at radius 3 is 2.67 bits per heavy atom. The van der Waals surface area contributed by atoms with Gasteiger partial charge in [0.1, 0.15) is 0 Å². The molecule has 2 nitrogen and oxygen atoms in total. The van der Waals surface area contributed by atoms with E-state index in [4.69, 9.17) is 0 Å². The molecule has 1 aromatic carbocycles. The Morgan fingerprint density at radius 1 is 1.33 bits per heavy atom. The Kier molecular flexibility index (Phi) is 4.82. The summed E-state index contributed by atoms with van der Waals surface area (Å²) in [6, 6.07) is 8.67. The second-order valence-corrected chi connectivity index (χ2v) is 6.80. The molecule has 1 heterocycles. The maximum atomic E-state index is 3.63. The van der Waals surface area contributed by atoms with E-state index >= 15 is 0 Å². The Balaban J connectivity index is 1.84. The summed E-state index contributed by atoms with van der Waals surface area (Å²) in [5.74, 6) is 0.811. The van der Waals surface area contributed by atoms with Crippen LogP contribution in [0.5, 0.6) is 0 Å². The molecule has 0 bridgehead atoms. The van der Waals surface area contributed by atoms with E-state index in [1.54, 1.807) is 0 Å². The summed E-state index contributed by atoms with van der Waals surface area (Å²) in [4.78, 5) is 0. The summed E-state index contributed by atoms with van der Waals surface area (Å²) < 4.78 is 1.15. The second-order valence-electron chi connectivity index (χ2n) is 5.88. The first-order valence-corrected chi connectivity index (χ1v) is 7.55. The highest BCUT2D eigenvalue weighted by molar-refractivity contribution is 9.10. The predicted octanol–water partition coefficient (Wildman–Crippen LogP) is 2.93. The summed E-state index contributed by atoms with van der Waals surface area (Å²) in [5.41, 5.74) is 1.58. The topological polar surface area (TPSA) is 24.1 Å². The fraction of sp³-hybridized carbons (Fsp3) is 0.600. The first kappa shape index (κ1) is 14.0. The van der Waals surface area contributed by atoms with Gasteiger partial charge in [-0.1, -0.05) is 41.9 Å². The van der Waals surface area contributed by atoms with E-state index in [1.165, 1.54) is 25.1 Å². The summed E-state index contributed by atoms with van der Waals surface area (Å²) in [6.45, 7) is 9.12. The number of hydrogen-bond acceptors (Lipinski definition) is 2. The van der Waals surface area contributed by atoms with Crippen LogP contribution in [0.25, 0.3) is 0 Å². The molecule has 1 atom stereocenters. The largest absolute Gasteiger partial charge is 0.316 e. The summed E-state index contributed by atoms with van der Waals surface area (Å²) in [5, 5.41) is 7.04. The van der Waals surface area contributed by atoms with Crippen molar-refractivity contribution in [3.8, 4) is 0 Å².